The van der Waals surface area contributed by atoms with E-state index in [-0.39, 0.29) is 12.1 Å². The fourth-order valence-electron chi connectivity index (χ4n) is 2.59. The second kappa shape index (κ2) is 5.55. The van der Waals surface area contributed by atoms with E-state index in [1.54, 1.807) is 12.1 Å². The Morgan fingerprint density at radius 3 is 2.70 bits per heavy atom. The van der Waals surface area contributed by atoms with Crippen molar-refractivity contribution in [1.82, 2.24) is 5.32 Å². The summed E-state index contributed by atoms with van der Waals surface area (Å²) in [6, 6.07) is 15.3. The van der Waals surface area contributed by atoms with Gasteiger partial charge in [0.2, 0.25) is 0 Å². The minimum Gasteiger partial charge on any atom is -0.331 e. The van der Waals surface area contributed by atoms with Crippen molar-refractivity contribution in [2.45, 2.75) is 18.9 Å². The largest absolute Gasteiger partial charge is 0.331 e. The summed E-state index contributed by atoms with van der Waals surface area (Å²) in [5, 5.41) is 6.32. The van der Waals surface area contributed by atoms with Crippen molar-refractivity contribution in [2.75, 3.05) is 5.32 Å². The molecule has 0 heterocycles. The fourth-order valence-corrected chi connectivity index (χ4v) is 2.77. The molecule has 0 fully saturated rings. The molecule has 3 nitrogen and oxygen atoms in total. The zero-order chi connectivity index (χ0) is 13.9. The molecule has 102 valence electrons. The van der Waals surface area contributed by atoms with Crippen molar-refractivity contribution in [3.63, 3.8) is 0 Å². The number of benzene rings is 2. The highest BCUT2D eigenvalue weighted by atomic mass is 35.5. The number of para-hydroxylation sites is 1. The van der Waals surface area contributed by atoms with E-state index in [4.69, 9.17) is 11.6 Å². The third-order valence-corrected chi connectivity index (χ3v) is 3.89. The van der Waals surface area contributed by atoms with Gasteiger partial charge in [-0.1, -0.05) is 48.0 Å². The Kier molecular flexibility index (Phi) is 3.61. The van der Waals surface area contributed by atoms with Gasteiger partial charge in [0, 0.05) is 0 Å². The molecule has 0 unspecified atom stereocenters. The number of nitrogens with one attached hydrogen (secondary N) is 2. The second-order valence-corrected chi connectivity index (χ2v) is 5.28. The van der Waals surface area contributed by atoms with E-state index in [2.05, 4.69) is 22.8 Å². The molecule has 1 atom stereocenters. The molecule has 0 aromatic heterocycles. The highest BCUT2D eigenvalue weighted by Gasteiger charge is 2.23. The standard InChI is InChI=1S/C16H15ClN2O/c17-13-7-3-4-8-15(13)19-16(20)18-14-10-9-11-5-1-2-6-12(11)14/h1-8,14H,9-10H2,(H2,18,19,20)/t14-/m0/s1. The first-order chi connectivity index (χ1) is 9.74. The lowest BCUT2D eigenvalue weighted by molar-refractivity contribution is 0.248. The van der Waals surface area contributed by atoms with Gasteiger partial charge in [0.05, 0.1) is 16.8 Å². The number of aryl methyl sites for hydroxylation is 1. The summed E-state index contributed by atoms with van der Waals surface area (Å²) in [4.78, 5) is 12.0. The Morgan fingerprint density at radius 1 is 1.10 bits per heavy atom. The minimum absolute atomic E-state index is 0.0775. The van der Waals surface area contributed by atoms with Crippen molar-refractivity contribution in [1.29, 1.82) is 0 Å². The van der Waals surface area contributed by atoms with Crippen LogP contribution in [0.5, 0.6) is 0 Å². The zero-order valence-corrected chi connectivity index (χ0v) is 11.7. The van der Waals surface area contributed by atoms with Gasteiger partial charge < -0.3 is 10.6 Å². The molecule has 0 saturated carbocycles. The van der Waals surface area contributed by atoms with Crippen molar-refractivity contribution < 1.29 is 4.79 Å². The van der Waals surface area contributed by atoms with Crippen molar-refractivity contribution in [3.8, 4) is 0 Å². The average Bonchev–Trinajstić information content (AvgIpc) is 2.85. The maximum absolute atomic E-state index is 12.0. The third kappa shape index (κ3) is 2.63. The molecule has 0 aliphatic heterocycles. The van der Waals surface area contributed by atoms with E-state index in [1.807, 2.05) is 24.3 Å². The number of halogens is 1. The van der Waals surface area contributed by atoms with E-state index < -0.39 is 0 Å². The molecule has 20 heavy (non-hydrogen) atoms. The normalized spacial score (nSPS) is 16.6. The van der Waals surface area contributed by atoms with Crippen LogP contribution >= 0.6 is 11.6 Å². The molecular weight excluding hydrogens is 272 g/mol. The zero-order valence-electron chi connectivity index (χ0n) is 10.9. The molecular formula is C16H15ClN2O. The SMILES string of the molecule is O=C(Nc1ccccc1Cl)N[C@H]1CCc2ccccc21. The van der Waals surface area contributed by atoms with Crippen LogP contribution in [0, 0.1) is 0 Å². The molecule has 1 aliphatic carbocycles. The number of urea groups is 1. The van der Waals surface area contributed by atoms with Gasteiger partial charge in [-0.15, -0.1) is 0 Å². The van der Waals surface area contributed by atoms with Crippen LogP contribution in [0.25, 0.3) is 0 Å². The first kappa shape index (κ1) is 13.0. The Balaban J connectivity index is 1.68. The van der Waals surface area contributed by atoms with Crippen LogP contribution in [0.1, 0.15) is 23.6 Å². The van der Waals surface area contributed by atoms with E-state index in [0.29, 0.717) is 10.7 Å². The van der Waals surface area contributed by atoms with Gasteiger partial charge in [0.1, 0.15) is 0 Å². The third-order valence-electron chi connectivity index (χ3n) is 3.56. The Hall–Kier alpha value is -2.00. The quantitative estimate of drug-likeness (QED) is 0.855. The first-order valence-electron chi connectivity index (χ1n) is 6.64. The van der Waals surface area contributed by atoms with E-state index in [1.165, 1.54) is 11.1 Å². The van der Waals surface area contributed by atoms with Gasteiger partial charge >= 0.3 is 6.03 Å². The molecule has 2 amide bonds. The van der Waals surface area contributed by atoms with Gasteiger partial charge in [-0.25, -0.2) is 4.79 Å². The smallest absolute Gasteiger partial charge is 0.319 e. The van der Waals surface area contributed by atoms with E-state index in [0.717, 1.165) is 12.8 Å². The first-order valence-corrected chi connectivity index (χ1v) is 7.01. The molecule has 0 bridgehead atoms. The summed E-state index contributed by atoms with van der Waals surface area (Å²) in [6.45, 7) is 0. The van der Waals surface area contributed by atoms with Crippen molar-refractivity contribution >= 4 is 23.3 Å². The number of fused-ring (bicyclic) bond motifs is 1. The highest BCUT2D eigenvalue weighted by molar-refractivity contribution is 6.33. The molecule has 2 N–H and O–H groups in total. The van der Waals surface area contributed by atoms with Gasteiger partial charge in [-0.2, -0.15) is 0 Å². The summed E-state index contributed by atoms with van der Waals surface area (Å²) in [7, 11) is 0. The summed E-state index contributed by atoms with van der Waals surface area (Å²) in [5.41, 5.74) is 3.15. The van der Waals surface area contributed by atoms with E-state index >= 15 is 0 Å². The van der Waals surface area contributed by atoms with Crippen LogP contribution in [0.15, 0.2) is 48.5 Å². The van der Waals surface area contributed by atoms with Gasteiger partial charge in [-0.05, 0) is 36.1 Å². The predicted octanol–water partition coefficient (Wildman–Crippen LogP) is 4.15. The van der Waals surface area contributed by atoms with Gasteiger partial charge in [0.25, 0.3) is 0 Å². The topological polar surface area (TPSA) is 41.1 Å². The van der Waals surface area contributed by atoms with E-state index in [9.17, 15) is 4.79 Å². The average molecular weight is 287 g/mol. The molecule has 2 aromatic rings. The molecule has 2 aromatic carbocycles. The van der Waals surface area contributed by atoms with Crippen LogP contribution < -0.4 is 10.6 Å². The number of rotatable bonds is 2. The fraction of sp³-hybridized carbons (Fsp3) is 0.188. The lowest BCUT2D eigenvalue weighted by Crippen LogP contribution is -2.31. The number of carbonyl (C=O) groups excluding carboxylic acids is 1. The molecule has 0 saturated heterocycles. The lowest BCUT2D eigenvalue weighted by Gasteiger charge is -2.15. The van der Waals surface area contributed by atoms with Gasteiger partial charge in [-0.3, -0.25) is 0 Å². The van der Waals surface area contributed by atoms with Crippen LogP contribution in [-0.4, -0.2) is 6.03 Å². The van der Waals surface area contributed by atoms with Crippen molar-refractivity contribution in [2.24, 2.45) is 0 Å². The number of hydrogen-bond donors (Lipinski definition) is 2. The van der Waals surface area contributed by atoms with Gasteiger partial charge in [0.15, 0.2) is 0 Å². The summed E-state index contributed by atoms with van der Waals surface area (Å²) in [5.74, 6) is 0. The highest BCUT2D eigenvalue weighted by Crippen LogP contribution is 2.30. The maximum Gasteiger partial charge on any atom is 0.319 e. The number of hydrogen-bond acceptors (Lipinski definition) is 1. The summed E-state index contributed by atoms with van der Waals surface area (Å²) >= 11 is 6.02. The monoisotopic (exact) mass is 286 g/mol. The number of amides is 2. The summed E-state index contributed by atoms with van der Waals surface area (Å²) < 4.78 is 0. The lowest BCUT2D eigenvalue weighted by atomic mass is 10.1. The number of anilines is 1. The van der Waals surface area contributed by atoms with Crippen LogP contribution in [0.3, 0.4) is 0 Å². The molecule has 4 heteroatoms. The molecule has 3 rings (SSSR count). The molecule has 1 aliphatic rings. The Bertz CT molecular complexity index is 642. The summed E-state index contributed by atoms with van der Waals surface area (Å²) in [6.07, 6.45) is 1.95. The molecule has 0 spiro atoms. The Morgan fingerprint density at radius 2 is 1.85 bits per heavy atom. The maximum atomic E-state index is 12.0. The minimum atomic E-state index is -0.222. The van der Waals surface area contributed by atoms with Crippen LogP contribution in [0.4, 0.5) is 10.5 Å². The number of carbonyl (C=O) groups is 1. The predicted molar refractivity (Wildman–Crippen MR) is 81.1 cm³/mol. The van der Waals surface area contributed by atoms with Crippen molar-refractivity contribution in [3.05, 3.63) is 64.7 Å². The Labute approximate surface area is 123 Å². The second-order valence-electron chi connectivity index (χ2n) is 4.87. The molecule has 0 radical (unpaired) electrons. The van der Waals surface area contributed by atoms with Crippen LogP contribution in [-0.2, 0) is 6.42 Å². The van der Waals surface area contributed by atoms with Crippen LogP contribution in [0.2, 0.25) is 5.02 Å².